The number of carbonyl (C=O) groups excluding carboxylic acids is 1. The number of rotatable bonds is 3. The van der Waals surface area contributed by atoms with Crippen molar-refractivity contribution in [2.75, 3.05) is 51.4 Å². The normalized spacial score (nSPS) is 20.3. The molecule has 4 rings (SSSR count). The smallest absolute Gasteiger partial charge is 0.410 e. The fourth-order valence-corrected chi connectivity index (χ4v) is 4.45. The van der Waals surface area contributed by atoms with E-state index in [4.69, 9.17) is 19.0 Å². The molecule has 3 aliphatic heterocycles. The molecule has 0 radical (unpaired) electrons. The van der Waals surface area contributed by atoms with Gasteiger partial charge in [0.25, 0.3) is 4.92 Å². The predicted octanol–water partition coefficient (Wildman–Crippen LogP) is 3.20. The topological polar surface area (TPSA) is 80.6 Å². The molecule has 31 heavy (non-hydrogen) atoms. The summed E-state index contributed by atoms with van der Waals surface area (Å²) in [5.41, 5.74) is 1.40. The Hall–Kier alpha value is -2.55. The van der Waals surface area contributed by atoms with E-state index < -0.39 is 5.60 Å². The number of ether oxygens (including phenoxy) is 3. The van der Waals surface area contributed by atoms with E-state index in [9.17, 15) is 9.70 Å². The number of nitrogens with zero attached hydrogens (tertiary/aromatic N) is 3. The third kappa shape index (κ3) is 4.56. The van der Waals surface area contributed by atoms with Gasteiger partial charge in [0, 0.05) is 63.1 Å². The van der Waals surface area contributed by atoms with Crippen LogP contribution in [0, 0.1) is 4.91 Å². The molecule has 1 aromatic rings. The Morgan fingerprint density at radius 2 is 1.81 bits per heavy atom. The first-order valence-corrected chi connectivity index (χ1v) is 10.9. The number of likely N-dealkylation sites (tertiary alicyclic amines) is 1. The summed E-state index contributed by atoms with van der Waals surface area (Å²) in [6.07, 6.45) is 1.86. The lowest BCUT2D eigenvalue weighted by Gasteiger charge is -2.39. The fraction of sp³-hybridized carbons (Fsp3) is 0.682. The Bertz CT molecular complexity index is 852. The second-order valence-corrected chi connectivity index (χ2v) is 9.42. The molecule has 170 valence electrons. The second-order valence-electron chi connectivity index (χ2n) is 9.42. The van der Waals surface area contributed by atoms with Gasteiger partial charge in [-0.3, -0.25) is 0 Å². The summed E-state index contributed by atoms with van der Waals surface area (Å²) in [7, 11) is 1.37. The lowest BCUT2D eigenvalue weighted by Crippen LogP contribution is -2.50. The number of piperidine rings is 1. The third-order valence-corrected chi connectivity index (χ3v) is 6.04. The van der Waals surface area contributed by atoms with Crippen LogP contribution >= 0.6 is 0 Å². The van der Waals surface area contributed by atoms with E-state index in [0.717, 1.165) is 17.0 Å². The second kappa shape index (κ2) is 8.18. The highest BCUT2D eigenvalue weighted by molar-refractivity contribution is 5.70. The number of anilines is 1. The largest absolute Gasteiger partial charge is 0.486 e. The van der Waals surface area contributed by atoms with Crippen LogP contribution in [0.15, 0.2) is 12.1 Å². The molecule has 2 fully saturated rings. The van der Waals surface area contributed by atoms with Gasteiger partial charge < -0.3 is 24.0 Å². The molecule has 3 heterocycles. The Labute approximate surface area is 182 Å². The Kier molecular flexibility index (Phi) is 5.72. The maximum Gasteiger partial charge on any atom is 0.410 e. The number of benzene rings is 1. The molecule has 9 heteroatoms. The van der Waals surface area contributed by atoms with Crippen LogP contribution in [0.1, 0.15) is 39.2 Å². The SMILES string of the molecule is CO[N+](=O)c1cc2c(cc1N1CCOCC1)OC1(CCN(C(=O)OC(C)(C)C)CC1)C2. The van der Waals surface area contributed by atoms with Gasteiger partial charge in [0.1, 0.15) is 22.6 Å². The molecular weight excluding hydrogens is 402 g/mol. The molecule has 0 N–H and O–H groups in total. The maximum atomic E-state index is 12.4. The van der Waals surface area contributed by atoms with Crippen molar-refractivity contribution >= 4 is 17.5 Å². The molecule has 9 nitrogen and oxygen atoms in total. The first-order valence-electron chi connectivity index (χ1n) is 10.9. The van der Waals surface area contributed by atoms with Crippen molar-refractivity contribution in [3.8, 4) is 5.75 Å². The van der Waals surface area contributed by atoms with Crippen molar-refractivity contribution in [3.63, 3.8) is 0 Å². The van der Waals surface area contributed by atoms with E-state index in [0.29, 0.717) is 69.3 Å². The molecule has 0 unspecified atom stereocenters. The van der Waals surface area contributed by atoms with Gasteiger partial charge in [0.05, 0.1) is 18.1 Å². The Morgan fingerprint density at radius 1 is 1.13 bits per heavy atom. The summed E-state index contributed by atoms with van der Waals surface area (Å²) in [6, 6.07) is 3.83. The molecule has 1 spiro atoms. The van der Waals surface area contributed by atoms with Crippen molar-refractivity contribution in [1.82, 2.24) is 4.90 Å². The standard InChI is InChI=1S/C22H32N3O6/c1-21(2,3)31-20(26)24-7-5-22(6-8-24)15-16-13-18(25(27)28-4)17(14-19(16)30-22)23-9-11-29-12-10-23/h13-14H,5-12,15H2,1-4H3/q+1. The van der Waals surface area contributed by atoms with Gasteiger partial charge in [0.2, 0.25) is 0 Å². The van der Waals surface area contributed by atoms with Crippen LogP contribution in [0.25, 0.3) is 0 Å². The number of hydrogen-bond donors (Lipinski definition) is 0. The first-order chi connectivity index (χ1) is 14.7. The molecule has 0 saturated carbocycles. The monoisotopic (exact) mass is 434 g/mol. The van der Waals surface area contributed by atoms with Gasteiger partial charge in [-0.05, 0) is 20.8 Å². The lowest BCUT2D eigenvalue weighted by molar-refractivity contribution is -0.736. The van der Waals surface area contributed by atoms with E-state index >= 15 is 0 Å². The van der Waals surface area contributed by atoms with E-state index in [1.54, 1.807) is 4.90 Å². The summed E-state index contributed by atoms with van der Waals surface area (Å²) >= 11 is 0. The van der Waals surface area contributed by atoms with Crippen molar-refractivity contribution in [1.29, 1.82) is 0 Å². The summed E-state index contributed by atoms with van der Waals surface area (Å²) in [4.78, 5) is 34.2. The van der Waals surface area contributed by atoms with Gasteiger partial charge in [-0.25, -0.2) is 9.63 Å². The maximum absolute atomic E-state index is 12.4. The molecular formula is C22H32N3O6+. The average Bonchev–Trinajstić information content (AvgIpc) is 3.08. The molecule has 0 atom stereocenters. The molecule has 0 bridgehead atoms. The number of hydrogen-bond acceptors (Lipinski definition) is 7. The van der Waals surface area contributed by atoms with Crippen LogP contribution < -0.4 is 9.64 Å². The molecule has 0 aromatic heterocycles. The van der Waals surface area contributed by atoms with Crippen LogP contribution in [0.3, 0.4) is 0 Å². The quantitative estimate of drug-likeness (QED) is 0.676. The van der Waals surface area contributed by atoms with Crippen LogP contribution in [0.2, 0.25) is 0 Å². The van der Waals surface area contributed by atoms with Crippen LogP contribution in [-0.4, -0.2) is 73.6 Å². The van der Waals surface area contributed by atoms with Gasteiger partial charge in [0.15, 0.2) is 7.11 Å². The third-order valence-electron chi connectivity index (χ3n) is 6.04. The van der Waals surface area contributed by atoms with Gasteiger partial charge in [-0.15, -0.1) is 0 Å². The van der Waals surface area contributed by atoms with E-state index in [-0.39, 0.29) is 11.7 Å². The molecule has 2 saturated heterocycles. The first kappa shape index (κ1) is 21.7. The summed E-state index contributed by atoms with van der Waals surface area (Å²) in [5.74, 6) is 0.806. The zero-order chi connectivity index (χ0) is 22.2. The van der Waals surface area contributed by atoms with Crippen molar-refractivity contribution < 1.29 is 28.8 Å². The molecule has 1 aromatic carbocycles. The highest BCUT2D eigenvalue weighted by Gasteiger charge is 2.45. The van der Waals surface area contributed by atoms with E-state index in [1.807, 2.05) is 32.9 Å². The lowest BCUT2D eigenvalue weighted by atomic mass is 9.87. The zero-order valence-electron chi connectivity index (χ0n) is 18.8. The van der Waals surface area contributed by atoms with Crippen LogP contribution in [0.4, 0.5) is 16.2 Å². The van der Waals surface area contributed by atoms with Crippen molar-refractivity contribution in [3.05, 3.63) is 22.6 Å². The van der Waals surface area contributed by atoms with Gasteiger partial charge in [-0.1, -0.05) is 0 Å². The minimum atomic E-state index is -0.510. The van der Waals surface area contributed by atoms with E-state index in [1.165, 1.54) is 7.11 Å². The van der Waals surface area contributed by atoms with E-state index in [2.05, 4.69) is 4.90 Å². The fourth-order valence-electron chi connectivity index (χ4n) is 4.45. The van der Waals surface area contributed by atoms with Crippen LogP contribution in [-0.2, 0) is 20.7 Å². The van der Waals surface area contributed by atoms with Gasteiger partial charge in [-0.2, -0.15) is 0 Å². The predicted molar refractivity (Wildman–Crippen MR) is 114 cm³/mol. The summed E-state index contributed by atoms with van der Waals surface area (Å²) < 4.78 is 17.4. The molecule has 1 amide bonds. The van der Waals surface area contributed by atoms with Crippen molar-refractivity contribution in [2.24, 2.45) is 0 Å². The highest BCUT2D eigenvalue weighted by Crippen LogP contribution is 2.46. The summed E-state index contributed by atoms with van der Waals surface area (Å²) in [6.45, 7) is 9.43. The number of fused-ring (bicyclic) bond motifs is 1. The number of morpholine rings is 1. The highest BCUT2D eigenvalue weighted by atomic mass is 16.8. The van der Waals surface area contributed by atoms with Crippen LogP contribution in [0.5, 0.6) is 5.75 Å². The van der Waals surface area contributed by atoms with Crippen molar-refractivity contribution in [2.45, 2.75) is 51.2 Å². The number of amides is 1. The minimum absolute atomic E-state index is 0.281. The average molecular weight is 435 g/mol. The Morgan fingerprint density at radius 3 is 2.42 bits per heavy atom. The molecule has 0 aliphatic carbocycles. The zero-order valence-corrected chi connectivity index (χ0v) is 18.8. The Balaban J connectivity index is 1.51. The summed E-state index contributed by atoms with van der Waals surface area (Å²) in [5, 5.41) is 0. The number of carbonyl (C=O) groups is 1. The van der Waals surface area contributed by atoms with Gasteiger partial charge >= 0.3 is 11.8 Å². The minimum Gasteiger partial charge on any atom is -0.486 e. The molecule has 3 aliphatic rings.